The van der Waals surface area contributed by atoms with E-state index < -0.39 is 26.6 Å². The molecule has 0 aliphatic heterocycles. The molecule has 3 atom stereocenters. The Morgan fingerprint density at radius 2 is 0.700 bits per heavy atom. The third kappa shape index (κ3) is 64.3. The second-order valence-electron chi connectivity index (χ2n) is 25.6. The lowest BCUT2D eigenvalue weighted by Gasteiger charge is -2.29. The Bertz CT molecular complexity index is 1400. The highest BCUT2D eigenvalue weighted by Crippen LogP contribution is 2.38. The highest BCUT2D eigenvalue weighted by Gasteiger charge is 2.23. The highest BCUT2D eigenvalue weighted by atomic mass is 31.2. The van der Waals surface area contributed by atoms with Crippen molar-refractivity contribution in [1.82, 2.24) is 5.32 Å². The van der Waals surface area contributed by atoms with Crippen molar-refractivity contribution in [3.63, 3.8) is 0 Å². The number of carbonyl (C=O) groups is 1. The molecule has 0 heterocycles. The standard InChI is InChI=1S/C71H139N2O6P/c1-6-8-10-12-14-16-18-20-22-24-26-28-30-32-34-35-36-37-39-40-42-44-46-48-50-52-54-56-58-60-62-64-70(74)69(68-79-80(76,77)78-67-66-73(3,4)5)72-71(75)65-63-61-59-57-55-53-51-49-47-45-43-41-38-33-31-29-27-25-23-21-19-17-15-13-11-9-7-2/h46,48,54,56,62,64,69-70,74H,6-45,47,49-53,55,57-61,63,65-68H2,1-5H3,(H-,72,75,76,77)/b48-46+,56-54+,64-62+. The number of likely N-dealkylation sites (N-methyl/N-ethyl adjacent to an activating group) is 1. The number of hydrogen-bond donors (Lipinski definition) is 2. The second-order valence-corrected chi connectivity index (χ2v) is 27.0. The summed E-state index contributed by atoms with van der Waals surface area (Å²) in [5.41, 5.74) is 0. The molecule has 0 bridgehead atoms. The van der Waals surface area contributed by atoms with Crippen molar-refractivity contribution in [2.45, 2.75) is 373 Å². The van der Waals surface area contributed by atoms with Gasteiger partial charge in [0.05, 0.1) is 39.9 Å². The minimum Gasteiger partial charge on any atom is -0.756 e. The molecule has 1 amide bonds. The van der Waals surface area contributed by atoms with E-state index in [0.717, 1.165) is 44.9 Å². The first kappa shape index (κ1) is 78.7. The summed E-state index contributed by atoms with van der Waals surface area (Å²) in [4.78, 5) is 25.6. The van der Waals surface area contributed by atoms with Gasteiger partial charge in [0, 0.05) is 6.42 Å². The van der Waals surface area contributed by atoms with E-state index in [1.807, 2.05) is 27.2 Å². The molecule has 0 radical (unpaired) electrons. The quantitative estimate of drug-likeness (QED) is 0.0272. The van der Waals surface area contributed by atoms with Gasteiger partial charge in [0.2, 0.25) is 5.91 Å². The molecule has 0 aliphatic carbocycles. The molecular weight excluding hydrogens is 1010 g/mol. The third-order valence-electron chi connectivity index (χ3n) is 16.3. The van der Waals surface area contributed by atoms with Crippen LogP contribution in [0.2, 0.25) is 0 Å². The minimum atomic E-state index is -4.61. The molecule has 0 saturated heterocycles. The SMILES string of the molecule is CCCCCCCCCCCCCCCCCCCCCCC/C=C/CC/C=C/CC/C=C/C(O)C(COP(=O)([O-])OCC[N+](C)(C)C)NC(=O)CCCCCCCCCCCCCCCCCCCCCCCCCCCCC. The molecule has 0 saturated carbocycles. The summed E-state index contributed by atoms with van der Waals surface area (Å²) in [7, 11) is 1.25. The van der Waals surface area contributed by atoms with Crippen LogP contribution >= 0.6 is 7.82 Å². The maximum Gasteiger partial charge on any atom is 0.268 e. The number of amides is 1. The van der Waals surface area contributed by atoms with E-state index in [0.29, 0.717) is 17.4 Å². The van der Waals surface area contributed by atoms with Crippen molar-refractivity contribution in [3.8, 4) is 0 Å². The number of carbonyl (C=O) groups excluding carboxylic acids is 1. The summed E-state index contributed by atoms with van der Waals surface area (Å²) in [5, 5.41) is 13.9. The summed E-state index contributed by atoms with van der Waals surface area (Å²) in [6, 6.07) is -0.909. The zero-order chi connectivity index (χ0) is 58.4. The van der Waals surface area contributed by atoms with E-state index in [-0.39, 0.29) is 12.5 Å². The molecule has 0 fully saturated rings. The van der Waals surface area contributed by atoms with Gasteiger partial charge in [-0.15, -0.1) is 0 Å². The van der Waals surface area contributed by atoms with Gasteiger partial charge >= 0.3 is 0 Å². The molecule has 474 valence electrons. The highest BCUT2D eigenvalue weighted by molar-refractivity contribution is 7.45. The Morgan fingerprint density at radius 3 is 1.01 bits per heavy atom. The van der Waals surface area contributed by atoms with Crippen molar-refractivity contribution in [2.75, 3.05) is 40.9 Å². The first-order valence-electron chi connectivity index (χ1n) is 35.4. The van der Waals surface area contributed by atoms with Crippen LogP contribution in [0, 0.1) is 0 Å². The van der Waals surface area contributed by atoms with E-state index in [9.17, 15) is 19.4 Å². The predicted octanol–water partition coefficient (Wildman–Crippen LogP) is 21.8. The summed E-state index contributed by atoms with van der Waals surface area (Å²) in [6.45, 7) is 4.68. The number of nitrogens with zero attached hydrogens (tertiary/aromatic N) is 1. The Kier molecular flexibility index (Phi) is 61.3. The van der Waals surface area contributed by atoms with Crippen LogP contribution in [0.15, 0.2) is 36.5 Å². The zero-order valence-corrected chi connectivity index (χ0v) is 55.2. The molecule has 0 aromatic heterocycles. The van der Waals surface area contributed by atoms with Crippen LogP contribution in [0.25, 0.3) is 0 Å². The minimum absolute atomic E-state index is 0.00706. The maximum atomic E-state index is 13.0. The molecule has 0 aliphatic rings. The number of aliphatic hydroxyl groups excluding tert-OH is 1. The van der Waals surface area contributed by atoms with Crippen molar-refractivity contribution < 1.29 is 32.9 Å². The summed E-state index contributed by atoms with van der Waals surface area (Å²) in [5.74, 6) is -0.204. The lowest BCUT2D eigenvalue weighted by atomic mass is 10.0. The lowest BCUT2D eigenvalue weighted by molar-refractivity contribution is -0.870. The van der Waals surface area contributed by atoms with Gasteiger partial charge in [-0.3, -0.25) is 9.36 Å². The zero-order valence-electron chi connectivity index (χ0n) is 54.3. The normalized spacial score (nSPS) is 13.8. The molecule has 9 heteroatoms. The molecule has 0 rings (SSSR count). The van der Waals surface area contributed by atoms with Crippen LogP contribution in [0.5, 0.6) is 0 Å². The fourth-order valence-electron chi connectivity index (χ4n) is 10.8. The maximum absolute atomic E-state index is 13.0. The molecule has 0 aromatic rings. The molecule has 3 unspecified atom stereocenters. The second kappa shape index (κ2) is 62.3. The van der Waals surface area contributed by atoms with E-state index in [4.69, 9.17) is 9.05 Å². The Labute approximate surface area is 499 Å². The number of rotatable bonds is 66. The summed E-state index contributed by atoms with van der Waals surface area (Å²) in [6.07, 6.45) is 82.8. The van der Waals surface area contributed by atoms with Gasteiger partial charge in [0.1, 0.15) is 13.2 Å². The average molecular weight is 1150 g/mol. The number of allylic oxidation sites excluding steroid dienone is 5. The smallest absolute Gasteiger partial charge is 0.268 e. The van der Waals surface area contributed by atoms with Gasteiger partial charge in [-0.2, -0.15) is 0 Å². The number of nitrogens with one attached hydrogen (secondary N) is 1. The molecular formula is C71H139N2O6P. The van der Waals surface area contributed by atoms with Gasteiger partial charge in [-0.25, -0.2) is 0 Å². The molecule has 0 aromatic carbocycles. The van der Waals surface area contributed by atoms with E-state index in [1.54, 1.807) is 6.08 Å². The van der Waals surface area contributed by atoms with Gasteiger partial charge in [-0.05, 0) is 44.9 Å². The monoisotopic (exact) mass is 1150 g/mol. The fourth-order valence-corrected chi connectivity index (χ4v) is 11.6. The Hall–Kier alpha value is -1.28. The average Bonchev–Trinajstić information content (AvgIpc) is 3.42. The van der Waals surface area contributed by atoms with Gasteiger partial charge in [-0.1, -0.05) is 346 Å². The number of phosphoric acid groups is 1. The first-order valence-corrected chi connectivity index (χ1v) is 36.8. The molecule has 80 heavy (non-hydrogen) atoms. The van der Waals surface area contributed by atoms with Crippen LogP contribution in [0.3, 0.4) is 0 Å². The van der Waals surface area contributed by atoms with Crippen molar-refractivity contribution in [3.05, 3.63) is 36.5 Å². The predicted molar refractivity (Wildman–Crippen MR) is 348 cm³/mol. The van der Waals surface area contributed by atoms with E-state index in [2.05, 4.69) is 43.5 Å². The number of hydrogen-bond acceptors (Lipinski definition) is 6. The Balaban J connectivity index is 4.10. The van der Waals surface area contributed by atoms with Crippen LogP contribution in [-0.2, 0) is 18.4 Å². The number of unbranched alkanes of at least 4 members (excludes halogenated alkanes) is 49. The summed E-state index contributed by atoms with van der Waals surface area (Å²) >= 11 is 0. The largest absolute Gasteiger partial charge is 0.756 e. The van der Waals surface area contributed by atoms with Gasteiger partial charge in [0.15, 0.2) is 0 Å². The van der Waals surface area contributed by atoms with Crippen LogP contribution in [-0.4, -0.2) is 68.5 Å². The van der Waals surface area contributed by atoms with Gasteiger partial charge < -0.3 is 28.8 Å². The third-order valence-corrected chi connectivity index (χ3v) is 17.3. The van der Waals surface area contributed by atoms with Crippen LogP contribution < -0.4 is 10.2 Å². The number of aliphatic hydroxyl groups is 1. The van der Waals surface area contributed by atoms with Crippen LogP contribution in [0.4, 0.5) is 0 Å². The van der Waals surface area contributed by atoms with Gasteiger partial charge in [0.25, 0.3) is 7.82 Å². The van der Waals surface area contributed by atoms with Crippen molar-refractivity contribution in [2.24, 2.45) is 0 Å². The van der Waals surface area contributed by atoms with E-state index >= 15 is 0 Å². The van der Waals surface area contributed by atoms with Crippen molar-refractivity contribution in [1.29, 1.82) is 0 Å². The topological polar surface area (TPSA) is 108 Å². The van der Waals surface area contributed by atoms with E-state index in [1.165, 1.54) is 295 Å². The summed E-state index contributed by atoms with van der Waals surface area (Å²) < 4.78 is 23.4. The first-order chi connectivity index (χ1) is 39.0. The molecule has 8 nitrogen and oxygen atoms in total. The lowest BCUT2D eigenvalue weighted by Crippen LogP contribution is -2.45. The van der Waals surface area contributed by atoms with Crippen molar-refractivity contribution >= 4 is 13.7 Å². The molecule has 0 spiro atoms. The fraction of sp³-hybridized carbons (Fsp3) is 0.901. The number of phosphoric ester groups is 1. The number of quaternary nitrogens is 1. The van der Waals surface area contributed by atoms with Crippen LogP contribution in [0.1, 0.15) is 361 Å². The Morgan fingerprint density at radius 1 is 0.425 bits per heavy atom. The molecule has 2 N–H and O–H groups in total.